The van der Waals surface area contributed by atoms with E-state index in [9.17, 15) is 0 Å². The largest absolute Gasteiger partial charge is 0.376 e. The third-order valence-corrected chi connectivity index (χ3v) is 3.97. The minimum absolute atomic E-state index is 0.277. The van der Waals surface area contributed by atoms with Crippen LogP contribution in [0.25, 0.3) is 0 Å². The van der Waals surface area contributed by atoms with Crippen LogP contribution in [0.5, 0.6) is 0 Å². The van der Waals surface area contributed by atoms with Gasteiger partial charge in [0.15, 0.2) is 0 Å². The second kappa shape index (κ2) is 6.69. The summed E-state index contributed by atoms with van der Waals surface area (Å²) in [6.07, 6.45) is 1.52. The Labute approximate surface area is 105 Å². The summed E-state index contributed by atoms with van der Waals surface area (Å²) in [6, 6.07) is 0.637. The Hall–Kier alpha value is -0.160. The fourth-order valence-corrected chi connectivity index (χ4v) is 2.60. The zero-order valence-corrected chi connectivity index (χ0v) is 11.2. The van der Waals surface area contributed by atoms with Crippen molar-refractivity contribution in [2.75, 3.05) is 46.0 Å². The van der Waals surface area contributed by atoms with Crippen molar-refractivity contribution in [2.24, 2.45) is 5.92 Å². The summed E-state index contributed by atoms with van der Waals surface area (Å²) in [7, 11) is 0. The molecule has 0 aliphatic carbocycles. The van der Waals surface area contributed by atoms with E-state index in [1.807, 2.05) is 0 Å². The first-order valence-corrected chi connectivity index (χ1v) is 6.94. The SMILES string of the molecule is CCC(C)C1CN(CC2COCCO2)CCN1. The van der Waals surface area contributed by atoms with Gasteiger partial charge in [-0.25, -0.2) is 0 Å². The van der Waals surface area contributed by atoms with Crippen LogP contribution in [0.4, 0.5) is 0 Å². The molecular weight excluding hydrogens is 216 g/mol. The van der Waals surface area contributed by atoms with Crippen molar-refractivity contribution < 1.29 is 9.47 Å². The fourth-order valence-electron chi connectivity index (χ4n) is 2.60. The molecule has 1 N–H and O–H groups in total. The molecule has 2 rings (SSSR count). The number of nitrogens with one attached hydrogen (secondary N) is 1. The molecule has 3 atom stereocenters. The number of ether oxygens (including phenoxy) is 2. The van der Waals surface area contributed by atoms with Gasteiger partial charge in [-0.05, 0) is 5.92 Å². The topological polar surface area (TPSA) is 33.7 Å². The summed E-state index contributed by atoms with van der Waals surface area (Å²) in [5.74, 6) is 0.751. The lowest BCUT2D eigenvalue weighted by atomic mass is 9.97. The van der Waals surface area contributed by atoms with Crippen LogP contribution in [0.15, 0.2) is 0 Å². The lowest BCUT2D eigenvalue weighted by Gasteiger charge is -2.38. The van der Waals surface area contributed by atoms with Gasteiger partial charge >= 0.3 is 0 Å². The van der Waals surface area contributed by atoms with E-state index >= 15 is 0 Å². The number of nitrogens with zero attached hydrogens (tertiary/aromatic N) is 1. The lowest BCUT2D eigenvalue weighted by Crippen LogP contribution is -2.55. The van der Waals surface area contributed by atoms with Crippen LogP contribution in [0, 0.1) is 5.92 Å². The van der Waals surface area contributed by atoms with Gasteiger partial charge in [0.2, 0.25) is 0 Å². The maximum Gasteiger partial charge on any atom is 0.0936 e. The number of rotatable bonds is 4. The third kappa shape index (κ3) is 3.91. The van der Waals surface area contributed by atoms with Gasteiger partial charge in [0.25, 0.3) is 0 Å². The molecule has 17 heavy (non-hydrogen) atoms. The molecule has 0 radical (unpaired) electrons. The van der Waals surface area contributed by atoms with Crippen molar-refractivity contribution in [1.82, 2.24) is 10.2 Å². The van der Waals surface area contributed by atoms with E-state index < -0.39 is 0 Å². The molecule has 2 aliphatic rings. The Morgan fingerprint density at radius 3 is 3.00 bits per heavy atom. The molecule has 2 heterocycles. The summed E-state index contributed by atoms with van der Waals surface area (Å²) in [6.45, 7) is 11.3. The Balaban J connectivity index is 1.76. The molecule has 0 spiro atoms. The Kier molecular flexibility index (Phi) is 5.22. The first-order chi connectivity index (χ1) is 8.29. The second-order valence-corrected chi connectivity index (χ2v) is 5.27. The quantitative estimate of drug-likeness (QED) is 0.788. The van der Waals surface area contributed by atoms with E-state index in [4.69, 9.17) is 9.47 Å². The molecular formula is C13H26N2O2. The van der Waals surface area contributed by atoms with Gasteiger partial charge in [0.1, 0.15) is 0 Å². The van der Waals surface area contributed by atoms with E-state index in [0.29, 0.717) is 6.04 Å². The van der Waals surface area contributed by atoms with Crippen LogP contribution in [0.3, 0.4) is 0 Å². The summed E-state index contributed by atoms with van der Waals surface area (Å²) in [5.41, 5.74) is 0. The maximum absolute atomic E-state index is 5.72. The molecule has 0 amide bonds. The highest BCUT2D eigenvalue weighted by atomic mass is 16.6. The number of piperazine rings is 1. The maximum atomic E-state index is 5.72. The molecule has 0 aromatic heterocycles. The first kappa shape index (κ1) is 13.3. The van der Waals surface area contributed by atoms with E-state index in [2.05, 4.69) is 24.1 Å². The summed E-state index contributed by atoms with van der Waals surface area (Å²) < 4.78 is 11.2. The number of hydrogen-bond acceptors (Lipinski definition) is 4. The van der Waals surface area contributed by atoms with Crippen molar-refractivity contribution in [2.45, 2.75) is 32.4 Å². The molecule has 3 unspecified atom stereocenters. The second-order valence-electron chi connectivity index (χ2n) is 5.27. The van der Waals surface area contributed by atoms with Crippen molar-refractivity contribution in [3.63, 3.8) is 0 Å². The van der Waals surface area contributed by atoms with Gasteiger partial charge in [-0.3, -0.25) is 4.90 Å². The smallest absolute Gasteiger partial charge is 0.0936 e. The van der Waals surface area contributed by atoms with E-state index in [1.54, 1.807) is 0 Å². The van der Waals surface area contributed by atoms with Crippen LogP contribution >= 0.6 is 0 Å². The zero-order valence-electron chi connectivity index (χ0n) is 11.2. The fraction of sp³-hybridized carbons (Fsp3) is 1.00. The molecule has 2 saturated heterocycles. The molecule has 0 saturated carbocycles. The van der Waals surface area contributed by atoms with Crippen LogP contribution in [0.2, 0.25) is 0 Å². The Bertz CT molecular complexity index is 217. The monoisotopic (exact) mass is 242 g/mol. The molecule has 4 nitrogen and oxygen atoms in total. The molecule has 0 bridgehead atoms. The standard InChI is InChI=1S/C13H26N2O2/c1-3-11(2)13-9-15(5-4-14-13)8-12-10-16-6-7-17-12/h11-14H,3-10H2,1-2H3. The predicted octanol–water partition coefficient (Wildman–Crippen LogP) is 0.722. The average Bonchev–Trinajstić information content (AvgIpc) is 2.39. The van der Waals surface area contributed by atoms with Gasteiger partial charge < -0.3 is 14.8 Å². The van der Waals surface area contributed by atoms with Crippen LogP contribution < -0.4 is 5.32 Å². The summed E-state index contributed by atoms with van der Waals surface area (Å²) in [5, 5.41) is 3.62. The van der Waals surface area contributed by atoms with Crippen molar-refractivity contribution in [1.29, 1.82) is 0 Å². The summed E-state index contributed by atoms with van der Waals surface area (Å²) in [4.78, 5) is 2.52. The van der Waals surface area contributed by atoms with Crippen molar-refractivity contribution in [3.05, 3.63) is 0 Å². The van der Waals surface area contributed by atoms with E-state index in [-0.39, 0.29) is 6.10 Å². The molecule has 100 valence electrons. The molecule has 2 fully saturated rings. The highest BCUT2D eigenvalue weighted by Gasteiger charge is 2.25. The van der Waals surface area contributed by atoms with Crippen molar-refractivity contribution >= 4 is 0 Å². The minimum Gasteiger partial charge on any atom is -0.376 e. The minimum atomic E-state index is 0.277. The van der Waals surface area contributed by atoms with Gasteiger partial charge in [0, 0.05) is 32.2 Å². The van der Waals surface area contributed by atoms with Crippen LogP contribution in [0.1, 0.15) is 20.3 Å². The lowest BCUT2D eigenvalue weighted by molar-refractivity contribution is -0.0994. The van der Waals surface area contributed by atoms with Gasteiger partial charge in [-0.2, -0.15) is 0 Å². The van der Waals surface area contributed by atoms with Crippen LogP contribution in [-0.4, -0.2) is 63.0 Å². The summed E-state index contributed by atoms with van der Waals surface area (Å²) >= 11 is 0. The van der Waals surface area contributed by atoms with E-state index in [0.717, 1.165) is 51.9 Å². The predicted molar refractivity (Wildman–Crippen MR) is 68.2 cm³/mol. The first-order valence-electron chi connectivity index (χ1n) is 6.94. The highest BCUT2D eigenvalue weighted by molar-refractivity contribution is 4.83. The van der Waals surface area contributed by atoms with Gasteiger partial charge in [-0.15, -0.1) is 0 Å². The Morgan fingerprint density at radius 2 is 2.29 bits per heavy atom. The normalized spacial score (nSPS) is 33.5. The van der Waals surface area contributed by atoms with E-state index in [1.165, 1.54) is 6.42 Å². The van der Waals surface area contributed by atoms with Gasteiger partial charge in [-0.1, -0.05) is 20.3 Å². The molecule has 4 heteroatoms. The molecule has 0 aromatic carbocycles. The van der Waals surface area contributed by atoms with Gasteiger partial charge in [0.05, 0.1) is 25.9 Å². The molecule has 2 aliphatic heterocycles. The number of hydrogen-bond donors (Lipinski definition) is 1. The zero-order chi connectivity index (χ0) is 12.1. The molecule has 0 aromatic rings. The average molecular weight is 242 g/mol. The van der Waals surface area contributed by atoms with Crippen molar-refractivity contribution in [3.8, 4) is 0 Å². The van der Waals surface area contributed by atoms with Crippen LogP contribution in [-0.2, 0) is 9.47 Å². The highest BCUT2D eigenvalue weighted by Crippen LogP contribution is 2.13. The Morgan fingerprint density at radius 1 is 1.41 bits per heavy atom. The third-order valence-electron chi connectivity index (χ3n) is 3.97.